The monoisotopic (exact) mass is 291 g/mol. The summed E-state index contributed by atoms with van der Waals surface area (Å²) in [5, 5.41) is 2.80. The molecule has 0 bridgehead atoms. The number of hydrogen-bond acceptors (Lipinski definition) is 3. The van der Waals surface area contributed by atoms with Gasteiger partial charge >= 0.3 is 0 Å². The van der Waals surface area contributed by atoms with Crippen molar-refractivity contribution in [2.75, 3.05) is 25.9 Å². The summed E-state index contributed by atoms with van der Waals surface area (Å²) >= 11 is 0. The molecule has 0 spiro atoms. The van der Waals surface area contributed by atoms with Crippen LogP contribution in [-0.4, -0.2) is 36.9 Å². The van der Waals surface area contributed by atoms with Crippen LogP contribution in [0, 0.1) is 5.92 Å². The Kier molecular flexibility index (Phi) is 6.72. The van der Waals surface area contributed by atoms with Crippen LogP contribution in [0.1, 0.15) is 25.8 Å². The second-order valence-electron chi connectivity index (χ2n) is 5.65. The minimum Gasteiger partial charge on any atom is -0.399 e. The fourth-order valence-corrected chi connectivity index (χ4v) is 1.87. The highest BCUT2D eigenvalue weighted by atomic mass is 16.2. The number of benzene rings is 1. The number of nitrogens with one attached hydrogen (secondary N) is 1. The van der Waals surface area contributed by atoms with Crippen LogP contribution in [0.5, 0.6) is 0 Å². The number of rotatable bonds is 7. The van der Waals surface area contributed by atoms with Gasteiger partial charge in [-0.2, -0.15) is 0 Å². The lowest BCUT2D eigenvalue weighted by Crippen LogP contribution is -2.39. The normalized spacial score (nSPS) is 10.5. The molecule has 0 heterocycles. The van der Waals surface area contributed by atoms with E-state index in [4.69, 9.17) is 5.73 Å². The molecule has 0 fully saturated rings. The van der Waals surface area contributed by atoms with E-state index in [0.29, 0.717) is 31.0 Å². The minimum absolute atomic E-state index is 0.0575. The molecule has 0 aliphatic rings. The Morgan fingerprint density at radius 2 is 1.95 bits per heavy atom. The SMILES string of the molecule is CC(C)CNC(=O)CN(C)C(=O)CCc1ccccc1N. The Bertz CT molecular complexity index is 486. The van der Waals surface area contributed by atoms with Crippen LogP contribution < -0.4 is 11.1 Å². The van der Waals surface area contributed by atoms with Gasteiger partial charge in [0.25, 0.3) is 0 Å². The summed E-state index contributed by atoms with van der Waals surface area (Å²) in [7, 11) is 1.64. The first kappa shape index (κ1) is 17.0. The van der Waals surface area contributed by atoms with Crippen molar-refractivity contribution in [1.82, 2.24) is 10.2 Å². The average molecular weight is 291 g/mol. The summed E-state index contributed by atoms with van der Waals surface area (Å²) < 4.78 is 0. The van der Waals surface area contributed by atoms with E-state index in [9.17, 15) is 9.59 Å². The molecule has 0 unspecified atom stereocenters. The van der Waals surface area contributed by atoms with Gasteiger partial charge in [0, 0.05) is 25.7 Å². The maximum Gasteiger partial charge on any atom is 0.239 e. The third kappa shape index (κ3) is 6.29. The quantitative estimate of drug-likeness (QED) is 0.746. The van der Waals surface area contributed by atoms with Crippen LogP contribution in [0.2, 0.25) is 0 Å². The predicted octanol–water partition coefficient (Wildman–Crippen LogP) is 1.43. The van der Waals surface area contributed by atoms with Crippen LogP contribution in [0.4, 0.5) is 5.69 Å². The standard InChI is InChI=1S/C16H25N3O2/c1-12(2)10-18-15(20)11-19(3)16(21)9-8-13-6-4-5-7-14(13)17/h4-7,12H,8-11,17H2,1-3H3,(H,18,20). The molecule has 0 saturated carbocycles. The number of carbonyl (C=O) groups is 2. The number of nitrogens with two attached hydrogens (primary N) is 1. The van der Waals surface area contributed by atoms with Crippen molar-refractivity contribution < 1.29 is 9.59 Å². The van der Waals surface area contributed by atoms with Gasteiger partial charge in [0.05, 0.1) is 6.54 Å². The molecule has 0 aromatic heterocycles. The Morgan fingerprint density at radius 1 is 1.29 bits per heavy atom. The molecule has 1 aromatic rings. The molecule has 3 N–H and O–H groups in total. The van der Waals surface area contributed by atoms with Crippen LogP contribution in [0.3, 0.4) is 0 Å². The van der Waals surface area contributed by atoms with Gasteiger partial charge in [-0.3, -0.25) is 9.59 Å². The van der Waals surface area contributed by atoms with Gasteiger partial charge in [0.2, 0.25) is 11.8 Å². The van der Waals surface area contributed by atoms with Gasteiger partial charge in [-0.05, 0) is 24.0 Å². The zero-order valence-electron chi connectivity index (χ0n) is 13.1. The lowest BCUT2D eigenvalue weighted by molar-refractivity contribution is -0.134. The van der Waals surface area contributed by atoms with Gasteiger partial charge in [-0.15, -0.1) is 0 Å². The molecule has 5 nitrogen and oxygen atoms in total. The molecular weight excluding hydrogens is 266 g/mol. The van der Waals surface area contributed by atoms with Gasteiger partial charge in [0.1, 0.15) is 0 Å². The molecule has 0 aliphatic carbocycles. The van der Waals surface area contributed by atoms with Crippen molar-refractivity contribution >= 4 is 17.5 Å². The highest BCUT2D eigenvalue weighted by molar-refractivity contribution is 5.84. The van der Waals surface area contributed by atoms with Crippen LogP contribution in [0.25, 0.3) is 0 Å². The highest BCUT2D eigenvalue weighted by Crippen LogP contribution is 2.13. The van der Waals surface area contributed by atoms with Crippen molar-refractivity contribution in [2.24, 2.45) is 5.92 Å². The number of carbonyl (C=O) groups excluding carboxylic acids is 2. The summed E-state index contributed by atoms with van der Waals surface area (Å²) in [6.07, 6.45) is 0.936. The molecule has 21 heavy (non-hydrogen) atoms. The van der Waals surface area contributed by atoms with Gasteiger partial charge in [-0.1, -0.05) is 32.0 Å². The lowest BCUT2D eigenvalue weighted by Gasteiger charge is -2.17. The van der Waals surface area contributed by atoms with Crippen molar-refractivity contribution in [2.45, 2.75) is 26.7 Å². The predicted molar refractivity (Wildman–Crippen MR) is 84.7 cm³/mol. The summed E-state index contributed by atoms with van der Waals surface area (Å²) in [4.78, 5) is 25.1. The molecule has 116 valence electrons. The summed E-state index contributed by atoms with van der Waals surface area (Å²) in [5.41, 5.74) is 7.50. The second-order valence-corrected chi connectivity index (χ2v) is 5.65. The van der Waals surface area contributed by atoms with E-state index in [1.165, 1.54) is 4.90 Å². The van der Waals surface area contributed by atoms with Crippen molar-refractivity contribution in [3.05, 3.63) is 29.8 Å². The van der Waals surface area contributed by atoms with E-state index in [1.807, 2.05) is 38.1 Å². The Hall–Kier alpha value is -2.04. The molecule has 0 aliphatic heterocycles. The molecule has 5 heteroatoms. The Morgan fingerprint density at radius 3 is 2.57 bits per heavy atom. The topological polar surface area (TPSA) is 75.4 Å². The molecule has 0 saturated heterocycles. The average Bonchev–Trinajstić information content (AvgIpc) is 2.43. The molecule has 2 amide bonds. The molecule has 0 atom stereocenters. The van der Waals surface area contributed by atoms with Crippen molar-refractivity contribution in [3.63, 3.8) is 0 Å². The summed E-state index contributed by atoms with van der Waals surface area (Å²) in [5.74, 6) is 0.215. The zero-order chi connectivity index (χ0) is 15.8. The molecule has 1 aromatic carbocycles. The number of nitrogen functional groups attached to an aromatic ring is 1. The van der Waals surface area contributed by atoms with Gasteiger partial charge in [0.15, 0.2) is 0 Å². The number of nitrogens with zero attached hydrogens (tertiary/aromatic N) is 1. The highest BCUT2D eigenvalue weighted by Gasteiger charge is 2.13. The molecule has 0 radical (unpaired) electrons. The van der Waals surface area contributed by atoms with Crippen LogP contribution in [0.15, 0.2) is 24.3 Å². The van der Waals surface area contributed by atoms with E-state index in [2.05, 4.69) is 5.32 Å². The van der Waals surface area contributed by atoms with E-state index in [1.54, 1.807) is 7.05 Å². The second kappa shape index (κ2) is 8.29. The van der Waals surface area contributed by atoms with Crippen LogP contribution in [-0.2, 0) is 16.0 Å². The van der Waals surface area contributed by atoms with Crippen molar-refractivity contribution in [1.29, 1.82) is 0 Å². The third-order valence-corrected chi connectivity index (χ3v) is 3.18. The molecular formula is C16H25N3O2. The van der Waals surface area contributed by atoms with E-state index >= 15 is 0 Å². The third-order valence-electron chi connectivity index (χ3n) is 3.18. The number of aryl methyl sites for hydroxylation is 1. The van der Waals surface area contributed by atoms with Gasteiger partial charge in [-0.25, -0.2) is 0 Å². The fourth-order valence-electron chi connectivity index (χ4n) is 1.87. The smallest absolute Gasteiger partial charge is 0.239 e. The first-order valence-corrected chi connectivity index (χ1v) is 7.24. The first-order valence-electron chi connectivity index (χ1n) is 7.24. The maximum atomic E-state index is 12.0. The van der Waals surface area contributed by atoms with E-state index in [-0.39, 0.29) is 18.4 Å². The first-order chi connectivity index (χ1) is 9.90. The lowest BCUT2D eigenvalue weighted by atomic mass is 10.1. The fraction of sp³-hybridized carbons (Fsp3) is 0.500. The van der Waals surface area contributed by atoms with E-state index < -0.39 is 0 Å². The van der Waals surface area contributed by atoms with Crippen molar-refractivity contribution in [3.8, 4) is 0 Å². The van der Waals surface area contributed by atoms with E-state index in [0.717, 1.165) is 5.56 Å². The zero-order valence-corrected chi connectivity index (χ0v) is 13.1. The largest absolute Gasteiger partial charge is 0.399 e. The minimum atomic E-state index is -0.126. The number of anilines is 1. The Labute approximate surface area is 126 Å². The Balaban J connectivity index is 2.38. The maximum absolute atomic E-state index is 12.0. The molecule has 1 rings (SSSR count). The number of hydrogen-bond donors (Lipinski definition) is 2. The van der Waals surface area contributed by atoms with Crippen LogP contribution >= 0.6 is 0 Å². The number of likely N-dealkylation sites (N-methyl/N-ethyl adjacent to an activating group) is 1. The summed E-state index contributed by atoms with van der Waals surface area (Å²) in [6.45, 7) is 4.77. The summed E-state index contributed by atoms with van der Waals surface area (Å²) in [6, 6.07) is 7.51. The number of para-hydroxylation sites is 1. The number of amides is 2. The van der Waals surface area contributed by atoms with Gasteiger partial charge < -0.3 is 16.0 Å².